The summed E-state index contributed by atoms with van der Waals surface area (Å²) in [6, 6.07) is -0.365. The lowest BCUT2D eigenvalue weighted by Gasteiger charge is -2.52. The van der Waals surface area contributed by atoms with Crippen molar-refractivity contribution in [1.29, 1.82) is 0 Å². The minimum absolute atomic E-state index is 0.0408. The summed E-state index contributed by atoms with van der Waals surface area (Å²) >= 11 is 0. The fraction of sp³-hybridized carbons (Fsp3) is 0.731. The highest BCUT2D eigenvalue weighted by molar-refractivity contribution is 6.00. The number of carbonyl (C=O) groups excluding carboxylic acids is 2. The summed E-state index contributed by atoms with van der Waals surface area (Å²) < 4.78 is 0.916. The van der Waals surface area contributed by atoms with Gasteiger partial charge in [-0.2, -0.15) is 0 Å². The number of nitrogens with two attached hydrogens (primary N) is 1. The molecule has 8 heteroatoms. The number of hydrogen-bond donors (Lipinski definition) is 3. The topological polar surface area (TPSA) is 102 Å². The van der Waals surface area contributed by atoms with Crippen LogP contribution in [0.5, 0.6) is 0 Å². The van der Waals surface area contributed by atoms with Crippen LogP contribution in [0.2, 0.25) is 0 Å². The highest BCUT2D eigenvalue weighted by atomic mass is 16.5. The van der Waals surface area contributed by atoms with Crippen LogP contribution in [0.3, 0.4) is 0 Å². The summed E-state index contributed by atoms with van der Waals surface area (Å²) in [5.74, 6) is 0.934. The van der Waals surface area contributed by atoms with E-state index in [1.807, 2.05) is 4.90 Å². The van der Waals surface area contributed by atoms with Gasteiger partial charge in [0.25, 0.3) is 0 Å². The molecule has 1 spiro atoms. The van der Waals surface area contributed by atoms with Gasteiger partial charge in [-0.05, 0) is 31.6 Å². The van der Waals surface area contributed by atoms with Crippen LogP contribution in [-0.4, -0.2) is 75.5 Å². The minimum Gasteiger partial charge on any atom is -0.350 e. The number of unbranched alkanes of at least 4 members (excludes halogenated alkanes) is 1. The third-order valence-corrected chi connectivity index (χ3v) is 7.82. The first-order valence-electron chi connectivity index (χ1n) is 13.2. The number of nitrogens with zero attached hydrogens (tertiary/aromatic N) is 3. The van der Waals surface area contributed by atoms with Crippen LogP contribution in [0.25, 0.3) is 0 Å². The van der Waals surface area contributed by atoms with Gasteiger partial charge in [0.15, 0.2) is 0 Å². The maximum atomic E-state index is 13.6. The third-order valence-electron chi connectivity index (χ3n) is 7.82. The van der Waals surface area contributed by atoms with E-state index < -0.39 is 5.54 Å². The Labute approximate surface area is 204 Å². The Kier molecular flexibility index (Phi) is 9.56. The first-order chi connectivity index (χ1) is 16.4. The lowest BCUT2D eigenvalue weighted by molar-refractivity contribution is -0.736. The van der Waals surface area contributed by atoms with Gasteiger partial charge in [0.2, 0.25) is 11.8 Å². The smallest absolute Gasteiger partial charge is 0.311 e. The Morgan fingerprint density at radius 1 is 1.24 bits per heavy atom. The van der Waals surface area contributed by atoms with Crippen molar-refractivity contribution in [2.24, 2.45) is 11.7 Å². The van der Waals surface area contributed by atoms with Gasteiger partial charge in [-0.1, -0.05) is 62.8 Å². The van der Waals surface area contributed by atoms with E-state index in [1.54, 1.807) is 6.21 Å². The summed E-state index contributed by atoms with van der Waals surface area (Å²) in [7, 11) is 0. The molecule has 0 bridgehead atoms. The van der Waals surface area contributed by atoms with Gasteiger partial charge in [-0.15, -0.1) is 0 Å². The van der Waals surface area contributed by atoms with Crippen LogP contribution in [0.15, 0.2) is 24.6 Å². The van der Waals surface area contributed by atoms with Crippen LogP contribution >= 0.6 is 0 Å². The van der Waals surface area contributed by atoms with Crippen LogP contribution in [0.1, 0.15) is 77.6 Å². The van der Waals surface area contributed by atoms with E-state index >= 15 is 0 Å². The van der Waals surface area contributed by atoms with Gasteiger partial charge in [0.1, 0.15) is 17.8 Å². The van der Waals surface area contributed by atoms with Crippen LogP contribution in [-0.2, 0) is 9.59 Å². The Bertz CT molecular complexity index is 779. The van der Waals surface area contributed by atoms with E-state index in [4.69, 9.17) is 5.73 Å². The van der Waals surface area contributed by atoms with Crippen molar-refractivity contribution in [2.45, 2.75) is 89.1 Å². The van der Waals surface area contributed by atoms with Gasteiger partial charge in [0.05, 0.1) is 0 Å². The number of piperazine rings is 1. The normalized spacial score (nSPS) is 25.0. The molecule has 0 radical (unpaired) electrons. The largest absolute Gasteiger partial charge is 0.350 e. The highest BCUT2D eigenvalue weighted by Gasteiger charge is 2.53. The number of carbonyl (C=O) groups is 2. The molecule has 190 valence electrons. The summed E-state index contributed by atoms with van der Waals surface area (Å²) in [6.45, 7) is 8.60. The van der Waals surface area contributed by atoms with Gasteiger partial charge < -0.3 is 20.3 Å². The van der Waals surface area contributed by atoms with Crippen molar-refractivity contribution in [3.63, 3.8) is 0 Å². The zero-order valence-corrected chi connectivity index (χ0v) is 20.9. The van der Waals surface area contributed by atoms with E-state index in [0.717, 1.165) is 43.6 Å². The van der Waals surface area contributed by atoms with E-state index in [1.165, 1.54) is 44.3 Å². The molecule has 1 atom stereocenters. The number of amides is 2. The van der Waals surface area contributed by atoms with Crippen molar-refractivity contribution in [1.82, 2.24) is 15.1 Å². The number of allylic oxidation sites excluding steroid dienone is 2. The van der Waals surface area contributed by atoms with E-state index in [0.29, 0.717) is 31.7 Å². The van der Waals surface area contributed by atoms with Gasteiger partial charge in [0, 0.05) is 38.7 Å². The second-order valence-electron chi connectivity index (χ2n) is 10.1. The summed E-state index contributed by atoms with van der Waals surface area (Å²) in [5, 5.41) is 13.1. The molecule has 3 rings (SSSR count). The zero-order valence-electron chi connectivity index (χ0n) is 20.9. The SMILES string of the molecule is C=C/C=C(N)\[N+](O)=C/CCN1CCC2(CC1)C(=O)NC(CC1CCCCC1)C(=O)N2CCCC. The minimum atomic E-state index is -0.727. The lowest BCUT2D eigenvalue weighted by Crippen LogP contribution is -2.73. The molecule has 0 aromatic carbocycles. The molecular weight excluding hydrogens is 430 g/mol. The van der Waals surface area contributed by atoms with Crippen LogP contribution < -0.4 is 11.1 Å². The molecule has 1 saturated carbocycles. The standard InChI is InChI=1S/C26H43N5O3/c1-3-5-16-30-24(32)22(20-21-11-7-6-8-12-21)28-25(33)26(30)13-18-29(19-14-26)15-9-17-31(34)23(27)10-4-2/h4,10,17,21-22H,2-3,5-9,11-16,18-20,27H2,1H3,(H-,28,33,34)/p+1/b23-10-,31-17+. The van der Waals surface area contributed by atoms with E-state index in [9.17, 15) is 14.8 Å². The molecule has 1 aliphatic carbocycles. The van der Waals surface area contributed by atoms with Crippen LogP contribution in [0, 0.1) is 5.92 Å². The summed E-state index contributed by atoms with van der Waals surface area (Å²) in [6.07, 6.45) is 15.4. The van der Waals surface area contributed by atoms with Crippen molar-refractivity contribution < 1.29 is 19.5 Å². The Morgan fingerprint density at radius 3 is 2.59 bits per heavy atom. The number of likely N-dealkylation sites (tertiary alicyclic amines) is 1. The highest BCUT2D eigenvalue weighted by Crippen LogP contribution is 2.36. The number of rotatable bonds is 10. The summed E-state index contributed by atoms with van der Waals surface area (Å²) in [5.41, 5.74) is 5.01. The van der Waals surface area contributed by atoms with Crippen molar-refractivity contribution in [3.8, 4) is 0 Å². The Morgan fingerprint density at radius 2 is 1.94 bits per heavy atom. The molecular formula is C26H44N5O3+. The number of piperidine rings is 1. The first kappa shape index (κ1) is 26.3. The summed E-state index contributed by atoms with van der Waals surface area (Å²) in [4.78, 5) is 31.3. The predicted octanol–water partition coefficient (Wildman–Crippen LogP) is 2.77. The predicted molar refractivity (Wildman–Crippen MR) is 133 cm³/mol. The van der Waals surface area contributed by atoms with Crippen molar-refractivity contribution in [3.05, 3.63) is 24.6 Å². The fourth-order valence-electron chi connectivity index (χ4n) is 5.74. The fourth-order valence-corrected chi connectivity index (χ4v) is 5.74. The third kappa shape index (κ3) is 6.20. The zero-order chi connectivity index (χ0) is 24.6. The average Bonchev–Trinajstić information content (AvgIpc) is 2.84. The van der Waals surface area contributed by atoms with Crippen molar-refractivity contribution in [2.75, 3.05) is 26.2 Å². The molecule has 0 aromatic rings. The molecule has 3 fully saturated rings. The van der Waals surface area contributed by atoms with E-state index in [-0.39, 0.29) is 23.7 Å². The van der Waals surface area contributed by atoms with Crippen molar-refractivity contribution >= 4 is 18.0 Å². The maximum Gasteiger partial charge on any atom is 0.311 e. The molecule has 1 unspecified atom stereocenters. The van der Waals surface area contributed by atoms with Gasteiger partial charge in [-0.25, -0.2) is 0 Å². The number of hydrogen-bond acceptors (Lipinski definition) is 5. The first-order valence-corrected chi connectivity index (χ1v) is 13.2. The molecule has 2 aliphatic heterocycles. The average molecular weight is 475 g/mol. The second kappa shape index (κ2) is 12.4. The van der Waals surface area contributed by atoms with Gasteiger partial charge in [-0.3, -0.25) is 15.3 Å². The monoisotopic (exact) mass is 474 g/mol. The van der Waals surface area contributed by atoms with Gasteiger partial charge >= 0.3 is 5.82 Å². The Balaban J connectivity index is 1.62. The molecule has 8 nitrogen and oxygen atoms in total. The molecule has 2 heterocycles. The molecule has 3 aliphatic rings. The quantitative estimate of drug-likeness (QED) is 0.149. The molecule has 2 amide bonds. The Hall–Kier alpha value is -2.35. The molecule has 4 N–H and O–H groups in total. The molecule has 0 aromatic heterocycles. The van der Waals surface area contributed by atoms with E-state index in [2.05, 4.69) is 23.7 Å². The molecule has 2 saturated heterocycles. The molecule has 34 heavy (non-hydrogen) atoms. The maximum absolute atomic E-state index is 13.6. The number of nitrogens with one attached hydrogen (secondary N) is 1. The lowest BCUT2D eigenvalue weighted by atomic mass is 9.79. The van der Waals surface area contributed by atoms with Crippen LogP contribution in [0.4, 0.5) is 0 Å². The second-order valence-corrected chi connectivity index (χ2v) is 10.1. The number of hydroxylamine groups is 1.